The average Bonchev–Trinajstić information content (AvgIpc) is 2.74. The SMILES string of the molecule is CC[C@@H](C(=O)NC(C)(C)C)N(Cc1c(Cl)cccc1Cl)C(=O)CSCc1ccc([N+](=O)[O-])cc1. The summed E-state index contributed by atoms with van der Waals surface area (Å²) >= 11 is 14.1. The van der Waals surface area contributed by atoms with E-state index in [9.17, 15) is 19.7 Å². The van der Waals surface area contributed by atoms with Crippen LogP contribution in [0.4, 0.5) is 5.69 Å². The molecule has 1 N–H and O–H groups in total. The van der Waals surface area contributed by atoms with Crippen molar-refractivity contribution >= 4 is 52.5 Å². The van der Waals surface area contributed by atoms with Crippen molar-refractivity contribution in [3.63, 3.8) is 0 Å². The number of halogens is 2. The third-order valence-corrected chi connectivity index (χ3v) is 6.61. The van der Waals surface area contributed by atoms with Crippen molar-refractivity contribution in [3.05, 3.63) is 73.8 Å². The standard InChI is InChI=1S/C24H29Cl2N3O4S/c1-5-21(23(31)27-24(2,3)4)28(13-18-19(25)7-6-8-20(18)26)22(30)15-34-14-16-9-11-17(12-10-16)29(32)33/h6-12,21H,5,13-15H2,1-4H3,(H,27,31)/t21-/m0/s1. The molecule has 0 bridgehead atoms. The predicted octanol–water partition coefficient (Wildman–Crippen LogP) is 5.86. The second-order valence-electron chi connectivity index (χ2n) is 8.80. The number of rotatable bonds is 10. The highest BCUT2D eigenvalue weighted by atomic mass is 35.5. The summed E-state index contributed by atoms with van der Waals surface area (Å²) in [5.41, 5.74) is 1.01. The van der Waals surface area contributed by atoms with Gasteiger partial charge in [-0.1, -0.05) is 48.3 Å². The number of thioether (sulfide) groups is 1. The van der Waals surface area contributed by atoms with Crippen LogP contribution in [0.3, 0.4) is 0 Å². The van der Waals surface area contributed by atoms with Gasteiger partial charge in [0.2, 0.25) is 11.8 Å². The van der Waals surface area contributed by atoms with Crippen LogP contribution in [0.2, 0.25) is 10.0 Å². The van der Waals surface area contributed by atoms with E-state index in [1.165, 1.54) is 28.8 Å². The molecule has 2 aromatic rings. The summed E-state index contributed by atoms with van der Waals surface area (Å²) in [6, 6.07) is 10.6. The second kappa shape index (κ2) is 12.4. The lowest BCUT2D eigenvalue weighted by atomic mass is 10.1. The largest absolute Gasteiger partial charge is 0.350 e. The van der Waals surface area contributed by atoms with Gasteiger partial charge in [-0.25, -0.2) is 0 Å². The highest BCUT2D eigenvalue weighted by Gasteiger charge is 2.31. The zero-order valence-electron chi connectivity index (χ0n) is 19.6. The molecule has 34 heavy (non-hydrogen) atoms. The van der Waals surface area contributed by atoms with Crippen molar-refractivity contribution in [1.29, 1.82) is 0 Å². The number of carbonyl (C=O) groups is 2. The summed E-state index contributed by atoms with van der Waals surface area (Å²) < 4.78 is 0. The van der Waals surface area contributed by atoms with Gasteiger partial charge in [0.1, 0.15) is 6.04 Å². The number of nitrogens with zero attached hydrogens (tertiary/aromatic N) is 2. The van der Waals surface area contributed by atoms with Gasteiger partial charge in [0, 0.05) is 45.6 Å². The van der Waals surface area contributed by atoms with Crippen LogP contribution >= 0.6 is 35.0 Å². The Balaban J connectivity index is 2.20. The van der Waals surface area contributed by atoms with Gasteiger partial charge in [-0.2, -0.15) is 0 Å². The van der Waals surface area contributed by atoms with Crippen LogP contribution in [0.15, 0.2) is 42.5 Å². The molecule has 1 atom stereocenters. The molecule has 0 spiro atoms. The van der Waals surface area contributed by atoms with Gasteiger partial charge in [0.15, 0.2) is 0 Å². The van der Waals surface area contributed by atoms with Crippen molar-refractivity contribution in [3.8, 4) is 0 Å². The van der Waals surface area contributed by atoms with Crippen LogP contribution in [0.1, 0.15) is 45.2 Å². The van der Waals surface area contributed by atoms with Gasteiger partial charge in [0.25, 0.3) is 5.69 Å². The lowest BCUT2D eigenvalue weighted by Crippen LogP contribution is -2.53. The Morgan fingerprint density at radius 1 is 1.12 bits per heavy atom. The molecule has 10 heteroatoms. The molecule has 0 fully saturated rings. The normalized spacial score (nSPS) is 12.2. The first-order chi connectivity index (χ1) is 15.9. The minimum atomic E-state index is -0.695. The number of nitrogens with one attached hydrogen (secondary N) is 1. The molecule has 0 saturated heterocycles. The highest BCUT2D eigenvalue weighted by molar-refractivity contribution is 7.99. The smallest absolute Gasteiger partial charge is 0.269 e. The van der Waals surface area contributed by atoms with E-state index in [4.69, 9.17) is 23.2 Å². The maximum absolute atomic E-state index is 13.3. The van der Waals surface area contributed by atoms with Crippen LogP contribution in [-0.4, -0.2) is 39.0 Å². The Bertz CT molecular complexity index is 1010. The fourth-order valence-electron chi connectivity index (χ4n) is 3.28. The van der Waals surface area contributed by atoms with Crippen LogP contribution in [0, 0.1) is 10.1 Å². The minimum Gasteiger partial charge on any atom is -0.350 e. The predicted molar refractivity (Wildman–Crippen MR) is 138 cm³/mol. The summed E-state index contributed by atoms with van der Waals surface area (Å²) in [6.45, 7) is 7.61. The Morgan fingerprint density at radius 3 is 2.21 bits per heavy atom. The maximum Gasteiger partial charge on any atom is 0.269 e. The molecule has 0 unspecified atom stereocenters. The first-order valence-electron chi connectivity index (χ1n) is 10.8. The molecule has 0 saturated carbocycles. The van der Waals surface area contributed by atoms with Crippen molar-refractivity contribution in [1.82, 2.24) is 10.2 Å². The number of amides is 2. The van der Waals surface area contributed by atoms with E-state index in [1.54, 1.807) is 30.3 Å². The number of benzene rings is 2. The fraction of sp³-hybridized carbons (Fsp3) is 0.417. The van der Waals surface area contributed by atoms with Gasteiger partial charge in [-0.3, -0.25) is 19.7 Å². The van der Waals surface area contributed by atoms with E-state index in [2.05, 4.69) is 5.32 Å². The van der Waals surface area contributed by atoms with Crippen LogP contribution < -0.4 is 5.32 Å². The van der Waals surface area contributed by atoms with E-state index in [-0.39, 0.29) is 29.8 Å². The van der Waals surface area contributed by atoms with E-state index in [1.807, 2.05) is 27.7 Å². The number of hydrogen-bond donors (Lipinski definition) is 1. The second-order valence-corrected chi connectivity index (χ2v) is 10.6. The van der Waals surface area contributed by atoms with Crippen molar-refractivity contribution in [2.75, 3.05) is 5.75 Å². The molecule has 2 rings (SSSR count). The van der Waals surface area contributed by atoms with E-state index >= 15 is 0 Å². The lowest BCUT2D eigenvalue weighted by molar-refractivity contribution is -0.384. The Hall–Kier alpha value is -2.29. The van der Waals surface area contributed by atoms with E-state index < -0.39 is 16.5 Å². The van der Waals surface area contributed by atoms with Gasteiger partial charge < -0.3 is 10.2 Å². The van der Waals surface area contributed by atoms with Crippen molar-refractivity contribution in [2.45, 2.75) is 58.0 Å². The van der Waals surface area contributed by atoms with Gasteiger partial charge in [0.05, 0.1) is 10.7 Å². The molecule has 2 aromatic carbocycles. The summed E-state index contributed by atoms with van der Waals surface area (Å²) in [6.07, 6.45) is 0.419. The number of hydrogen-bond acceptors (Lipinski definition) is 5. The lowest BCUT2D eigenvalue weighted by Gasteiger charge is -2.33. The third-order valence-electron chi connectivity index (χ3n) is 4.92. The zero-order chi connectivity index (χ0) is 25.5. The molecule has 0 aliphatic rings. The number of non-ortho nitro benzene ring substituents is 1. The fourth-order valence-corrected chi connectivity index (χ4v) is 4.67. The molecule has 184 valence electrons. The van der Waals surface area contributed by atoms with Crippen LogP contribution in [0.5, 0.6) is 0 Å². The molecule has 0 aromatic heterocycles. The summed E-state index contributed by atoms with van der Waals surface area (Å²) in [5.74, 6) is 0.152. The first kappa shape index (κ1) is 28.0. The number of nitro benzene ring substituents is 1. The average molecular weight is 526 g/mol. The molecule has 0 heterocycles. The topological polar surface area (TPSA) is 92.6 Å². The molecular formula is C24H29Cl2N3O4S. The molecule has 7 nitrogen and oxygen atoms in total. The minimum absolute atomic E-state index is 0.0169. The van der Waals surface area contributed by atoms with Gasteiger partial charge in [-0.05, 0) is 44.9 Å². The Morgan fingerprint density at radius 2 is 1.71 bits per heavy atom. The third kappa shape index (κ3) is 8.18. The number of carbonyl (C=O) groups excluding carboxylic acids is 2. The molecule has 0 aliphatic heterocycles. The molecular weight excluding hydrogens is 497 g/mol. The van der Waals surface area contributed by atoms with Crippen molar-refractivity contribution in [2.24, 2.45) is 0 Å². The zero-order valence-corrected chi connectivity index (χ0v) is 22.0. The summed E-state index contributed by atoms with van der Waals surface area (Å²) in [5, 5.41) is 14.6. The quantitative estimate of drug-likeness (QED) is 0.309. The Labute approximate surface area is 214 Å². The molecule has 0 aliphatic carbocycles. The van der Waals surface area contributed by atoms with E-state index in [0.717, 1.165) is 5.56 Å². The van der Waals surface area contributed by atoms with Crippen LogP contribution in [0.25, 0.3) is 0 Å². The first-order valence-corrected chi connectivity index (χ1v) is 12.7. The maximum atomic E-state index is 13.3. The van der Waals surface area contributed by atoms with E-state index in [0.29, 0.717) is 27.8 Å². The molecule has 0 radical (unpaired) electrons. The highest BCUT2D eigenvalue weighted by Crippen LogP contribution is 2.28. The summed E-state index contributed by atoms with van der Waals surface area (Å²) in [4.78, 5) is 38.3. The Kier molecular flexibility index (Phi) is 10.2. The van der Waals surface area contributed by atoms with Gasteiger partial charge >= 0.3 is 0 Å². The monoisotopic (exact) mass is 525 g/mol. The number of nitro groups is 1. The summed E-state index contributed by atoms with van der Waals surface area (Å²) in [7, 11) is 0. The van der Waals surface area contributed by atoms with Crippen LogP contribution in [-0.2, 0) is 21.9 Å². The van der Waals surface area contributed by atoms with Gasteiger partial charge in [-0.15, -0.1) is 11.8 Å². The molecule has 2 amide bonds. The van der Waals surface area contributed by atoms with Crippen molar-refractivity contribution < 1.29 is 14.5 Å².